The van der Waals surface area contributed by atoms with Crippen LogP contribution >= 0.6 is 0 Å². The normalized spacial score (nSPS) is 16.1. The molecule has 5 heteroatoms. The molecule has 0 saturated heterocycles. The van der Waals surface area contributed by atoms with Crippen molar-refractivity contribution in [2.45, 2.75) is 84.2 Å². The number of aliphatic hydroxyl groups is 2. The molecule has 5 nitrogen and oxygen atoms in total. The van der Waals surface area contributed by atoms with Gasteiger partial charge in [0.05, 0.1) is 13.2 Å². The summed E-state index contributed by atoms with van der Waals surface area (Å²) in [6, 6.07) is 10.9. The summed E-state index contributed by atoms with van der Waals surface area (Å²) < 4.78 is 5.93. The number of carbonyl (C=O) groups excluding carboxylic acids is 2. The van der Waals surface area contributed by atoms with Crippen LogP contribution in [0.4, 0.5) is 0 Å². The van der Waals surface area contributed by atoms with Crippen LogP contribution in [0.15, 0.2) is 36.4 Å². The number of ketones is 2. The van der Waals surface area contributed by atoms with Crippen molar-refractivity contribution >= 4 is 11.6 Å². The van der Waals surface area contributed by atoms with Crippen molar-refractivity contribution in [1.29, 1.82) is 0 Å². The molecule has 1 aliphatic rings. The molecule has 2 aromatic carbocycles. The maximum atomic E-state index is 12.9. The summed E-state index contributed by atoms with van der Waals surface area (Å²) in [5.41, 5.74) is 2.17. The third kappa shape index (κ3) is 5.52. The highest BCUT2D eigenvalue weighted by Gasteiger charge is 2.37. The van der Waals surface area contributed by atoms with E-state index in [1.54, 1.807) is 18.2 Å². The summed E-state index contributed by atoms with van der Waals surface area (Å²) in [6.07, 6.45) is 3.87. The summed E-state index contributed by atoms with van der Waals surface area (Å²) in [4.78, 5) is 25.2. The van der Waals surface area contributed by atoms with Gasteiger partial charge in [-0.15, -0.1) is 0 Å². The Balaban J connectivity index is 1.67. The molecule has 172 valence electrons. The maximum absolute atomic E-state index is 12.9. The van der Waals surface area contributed by atoms with Gasteiger partial charge in [0.15, 0.2) is 11.6 Å². The van der Waals surface area contributed by atoms with Crippen molar-refractivity contribution < 1.29 is 24.5 Å². The fraction of sp³-hybridized carbons (Fsp3) is 0.481. The Kier molecular flexibility index (Phi) is 7.33. The van der Waals surface area contributed by atoms with E-state index in [1.807, 2.05) is 32.0 Å². The van der Waals surface area contributed by atoms with Crippen LogP contribution in [0.5, 0.6) is 0 Å². The molecule has 0 radical (unpaired) electrons. The summed E-state index contributed by atoms with van der Waals surface area (Å²) in [5.74, 6) is -0.508. The van der Waals surface area contributed by atoms with Crippen molar-refractivity contribution in [1.82, 2.24) is 0 Å². The first kappa shape index (κ1) is 24.3. The van der Waals surface area contributed by atoms with E-state index in [2.05, 4.69) is 0 Å². The third-order valence-electron chi connectivity index (χ3n) is 6.39. The zero-order valence-electron chi connectivity index (χ0n) is 19.5. The summed E-state index contributed by atoms with van der Waals surface area (Å²) in [7, 11) is 0. The largest absolute Gasteiger partial charge is 0.382 e. The van der Waals surface area contributed by atoms with Gasteiger partial charge in [-0.1, -0.05) is 43.5 Å². The van der Waals surface area contributed by atoms with E-state index in [-0.39, 0.29) is 11.6 Å². The first-order valence-corrected chi connectivity index (χ1v) is 11.3. The van der Waals surface area contributed by atoms with E-state index in [0.717, 1.165) is 41.5 Å². The Morgan fingerprint density at radius 1 is 0.906 bits per heavy atom. The Morgan fingerprint density at radius 2 is 1.53 bits per heavy atom. The van der Waals surface area contributed by atoms with E-state index in [9.17, 15) is 19.8 Å². The lowest BCUT2D eigenvalue weighted by molar-refractivity contribution is 0.0116. The summed E-state index contributed by atoms with van der Waals surface area (Å²) >= 11 is 0. The minimum absolute atomic E-state index is 0.193. The molecule has 0 bridgehead atoms. The molecule has 0 unspecified atom stereocenters. The van der Waals surface area contributed by atoms with Crippen molar-refractivity contribution in [3.05, 3.63) is 69.8 Å². The summed E-state index contributed by atoms with van der Waals surface area (Å²) in [5, 5.41) is 20.7. The predicted molar refractivity (Wildman–Crippen MR) is 124 cm³/mol. The van der Waals surface area contributed by atoms with E-state index in [0.29, 0.717) is 37.2 Å². The van der Waals surface area contributed by atoms with Crippen LogP contribution < -0.4 is 0 Å². The predicted octanol–water partition coefficient (Wildman–Crippen LogP) is 4.85. The number of aryl methyl sites for hydroxylation is 2. The maximum Gasteiger partial charge on any atom is 0.194 e. The van der Waals surface area contributed by atoms with E-state index in [1.165, 1.54) is 13.8 Å². The molecule has 0 heterocycles. The highest BCUT2D eigenvalue weighted by Crippen LogP contribution is 2.31. The highest BCUT2D eigenvalue weighted by atomic mass is 16.5. The van der Waals surface area contributed by atoms with Gasteiger partial charge in [-0.05, 0) is 74.9 Å². The van der Waals surface area contributed by atoms with Crippen LogP contribution in [0.2, 0.25) is 0 Å². The SMILES string of the molecule is Cc1cc(C(=O)C(C)(C)O)ccc1COCc1cc(C(=O)C2(O)CCCCC2)ccc1C. The second kappa shape index (κ2) is 9.65. The number of benzene rings is 2. The minimum Gasteiger partial charge on any atom is -0.382 e. The van der Waals surface area contributed by atoms with Crippen molar-refractivity contribution in [2.75, 3.05) is 0 Å². The number of hydrogen-bond acceptors (Lipinski definition) is 5. The average Bonchev–Trinajstić information content (AvgIpc) is 2.75. The van der Waals surface area contributed by atoms with E-state index in [4.69, 9.17) is 4.74 Å². The molecule has 0 aromatic heterocycles. The lowest BCUT2D eigenvalue weighted by Gasteiger charge is -2.30. The van der Waals surface area contributed by atoms with Crippen LogP contribution in [0, 0.1) is 13.8 Å². The minimum atomic E-state index is -1.41. The van der Waals surface area contributed by atoms with E-state index < -0.39 is 11.2 Å². The zero-order chi connectivity index (χ0) is 23.5. The van der Waals surface area contributed by atoms with Gasteiger partial charge in [0.1, 0.15) is 11.2 Å². The van der Waals surface area contributed by atoms with E-state index >= 15 is 0 Å². The Hall–Kier alpha value is -2.34. The van der Waals surface area contributed by atoms with Gasteiger partial charge >= 0.3 is 0 Å². The second-order valence-corrected chi connectivity index (χ2v) is 9.58. The average molecular weight is 439 g/mol. The molecule has 2 aromatic rings. The van der Waals surface area contributed by atoms with Gasteiger partial charge in [-0.3, -0.25) is 9.59 Å². The topological polar surface area (TPSA) is 83.8 Å². The van der Waals surface area contributed by atoms with Crippen LogP contribution in [-0.4, -0.2) is 33.0 Å². The van der Waals surface area contributed by atoms with Gasteiger partial charge in [0, 0.05) is 11.1 Å². The van der Waals surface area contributed by atoms with Crippen LogP contribution in [0.1, 0.15) is 88.9 Å². The lowest BCUT2D eigenvalue weighted by atomic mass is 9.79. The van der Waals surface area contributed by atoms with Crippen molar-refractivity contribution in [2.24, 2.45) is 0 Å². The lowest BCUT2D eigenvalue weighted by Crippen LogP contribution is -2.40. The molecule has 1 saturated carbocycles. The Labute approximate surface area is 190 Å². The summed E-state index contributed by atoms with van der Waals surface area (Å²) in [6.45, 7) is 7.56. The van der Waals surface area contributed by atoms with Gasteiger partial charge in [-0.25, -0.2) is 0 Å². The molecular weight excluding hydrogens is 404 g/mol. The molecule has 1 fully saturated rings. The Morgan fingerprint density at radius 3 is 2.16 bits per heavy atom. The van der Waals surface area contributed by atoms with Crippen molar-refractivity contribution in [3.8, 4) is 0 Å². The number of ether oxygens (including phenoxy) is 1. The second-order valence-electron chi connectivity index (χ2n) is 9.58. The first-order valence-electron chi connectivity index (χ1n) is 11.3. The molecule has 0 spiro atoms. The van der Waals surface area contributed by atoms with Gasteiger partial charge < -0.3 is 14.9 Å². The fourth-order valence-corrected chi connectivity index (χ4v) is 4.22. The molecule has 0 aliphatic heterocycles. The monoisotopic (exact) mass is 438 g/mol. The zero-order valence-corrected chi connectivity index (χ0v) is 19.5. The van der Waals surface area contributed by atoms with Crippen LogP contribution in [-0.2, 0) is 18.0 Å². The molecule has 32 heavy (non-hydrogen) atoms. The van der Waals surface area contributed by atoms with Crippen LogP contribution in [0.25, 0.3) is 0 Å². The number of carbonyl (C=O) groups is 2. The quantitative estimate of drug-likeness (QED) is 0.576. The van der Waals surface area contributed by atoms with Crippen molar-refractivity contribution in [3.63, 3.8) is 0 Å². The number of rotatable bonds is 8. The standard InChI is InChI=1S/C27H34O5/c1-18-8-9-21(25(29)27(31)12-6-5-7-13-27)15-23(18)17-32-16-22-11-10-20(14-19(22)2)24(28)26(3,4)30/h8-11,14-15,30-31H,5-7,12-13,16-17H2,1-4H3. The number of hydrogen-bond donors (Lipinski definition) is 2. The van der Waals surface area contributed by atoms with Gasteiger partial charge in [-0.2, -0.15) is 0 Å². The molecule has 1 aliphatic carbocycles. The third-order valence-corrected chi connectivity index (χ3v) is 6.39. The fourth-order valence-electron chi connectivity index (χ4n) is 4.22. The molecule has 3 rings (SSSR count). The Bertz CT molecular complexity index is 994. The highest BCUT2D eigenvalue weighted by molar-refractivity contribution is 6.02. The molecule has 0 amide bonds. The van der Waals surface area contributed by atoms with Gasteiger partial charge in [0.2, 0.25) is 0 Å². The molecular formula is C27H34O5. The molecule has 0 atom stereocenters. The smallest absolute Gasteiger partial charge is 0.194 e. The first-order chi connectivity index (χ1) is 15.0. The van der Waals surface area contributed by atoms with Crippen LogP contribution in [0.3, 0.4) is 0 Å². The van der Waals surface area contributed by atoms with Gasteiger partial charge in [0.25, 0.3) is 0 Å². The molecule has 2 N–H and O–H groups in total. The number of Topliss-reactive ketones (excluding diaryl/α,β-unsaturated/α-hetero) is 2.